The first-order valence-corrected chi connectivity index (χ1v) is 8.33. The van der Waals surface area contributed by atoms with E-state index >= 15 is 0 Å². The second-order valence-electron chi connectivity index (χ2n) is 4.17. The molecule has 3 nitrogen and oxygen atoms in total. The quantitative estimate of drug-likeness (QED) is 0.838. The van der Waals surface area contributed by atoms with Crippen molar-refractivity contribution < 1.29 is 8.42 Å². The maximum atomic E-state index is 11.4. The molecule has 4 heteroatoms. The van der Waals surface area contributed by atoms with Crippen LogP contribution in [0.3, 0.4) is 0 Å². The molecule has 0 amide bonds. The van der Waals surface area contributed by atoms with Crippen LogP contribution in [0.1, 0.15) is 37.8 Å². The van der Waals surface area contributed by atoms with Crippen molar-refractivity contribution in [3.8, 4) is 0 Å². The Labute approximate surface area is 111 Å². The fourth-order valence-electron chi connectivity index (χ4n) is 1.66. The minimum Gasteiger partial charge on any atom is -0.330 e. The summed E-state index contributed by atoms with van der Waals surface area (Å²) in [5, 5.41) is 0. The lowest BCUT2D eigenvalue weighted by molar-refractivity contribution is 0.601. The number of aryl methyl sites for hydroxylation is 2. The van der Waals surface area contributed by atoms with E-state index < -0.39 is 9.84 Å². The first kappa shape index (κ1) is 17.1. The molecule has 1 aromatic rings. The average molecular weight is 271 g/mol. The number of hydrogen-bond acceptors (Lipinski definition) is 3. The van der Waals surface area contributed by atoms with E-state index in [9.17, 15) is 8.42 Å². The molecule has 1 aromatic carbocycles. The van der Waals surface area contributed by atoms with Crippen molar-refractivity contribution in [3.05, 3.63) is 29.3 Å². The van der Waals surface area contributed by atoms with Crippen molar-refractivity contribution in [2.75, 3.05) is 12.8 Å². The highest BCUT2D eigenvalue weighted by atomic mass is 32.2. The Bertz CT molecular complexity index is 453. The molecule has 0 aliphatic rings. The van der Waals surface area contributed by atoms with Gasteiger partial charge in [0.05, 0.1) is 4.90 Å². The third-order valence-corrected chi connectivity index (χ3v) is 3.55. The monoisotopic (exact) mass is 271 g/mol. The molecule has 0 radical (unpaired) electrons. The van der Waals surface area contributed by atoms with Crippen LogP contribution in [-0.4, -0.2) is 21.2 Å². The molecular formula is C14H25NO2S. The number of hydrogen-bond donors (Lipinski definition) is 1. The van der Waals surface area contributed by atoms with Gasteiger partial charge in [0.15, 0.2) is 9.84 Å². The van der Waals surface area contributed by atoms with E-state index in [1.807, 2.05) is 26.8 Å². The smallest absolute Gasteiger partial charge is 0.175 e. The summed E-state index contributed by atoms with van der Waals surface area (Å²) >= 11 is 0. The van der Waals surface area contributed by atoms with Crippen molar-refractivity contribution >= 4 is 9.84 Å². The van der Waals surface area contributed by atoms with Crippen molar-refractivity contribution in [2.45, 2.75) is 44.9 Å². The van der Waals surface area contributed by atoms with Gasteiger partial charge in [-0.05, 0) is 56.0 Å². The molecule has 0 bridgehead atoms. The summed E-state index contributed by atoms with van der Waals surface area (Å²) in [5.74, 6) is 0. The molecule has 0 heterocycles. The minimum absolute atomic E-state index is 0.412. The molecule has 104 valence electrons. The zero-order chi connectivity index (χ0) is 14.2. The summed E-state index contributed by atoms with van der Waals surface area (Å²) in [6.45, 7) is 6.60. The summed E-state index contributed by atoms with van der Waals surface area (Å²) in [7, 11) is -3.10. The summed E-state index contributed by atoms with van der Waals surface area (Å²) in [4.78, 5) is 0.412. The molecule has 0 saturated heterocycles. The molecule has 2 N–H and O–H groups in total. The fraction of sp³-hybridized carbons (Fsp3) is 0.571. The zero-order valence-electron chi connectivity index (χ0n) is 11.9. The number of nitrogens with two attached hydrogens (primary N) is 1. The topological polar surface area (TPSA) is 60.2 Å². The first-order valence-electron chi connectivity index (χ1n) is 6.44. The van der Waals surface area contributed by atoms with Crippen LogP contribution in [0, 0.1) is 6.92 Å². The molecule has 0 spiro atoms. The number of benzene rings is 1. The van der Waals surface area contributed by atoms with Crippen LogP contribution < -0.4 is 5.73 Å². The van der Waals surface area contributed by atoms with Crippen LogP contribution in [0.15, 0.2) is 23.1 Å². The SMILES string of the molecule is CC.Cc1cc(CCCCN)cc(S(C)(=O)=O)c1. The van der Waals surface area contributed by atoms with Gasteiger partial charge in [-0.1, -0.05) is 19.9 Å². The van der Waals surface area contributed by atoms with Crippen LogP contribution >= 0.6 is 0 Å². The van der Waals surface area contributed by atoms with Gasteiger partial charge in [-0.2, -0.15) is 0 Å². The van der Waals surface area contributed by atoms with Crippen molar-refractivity contribution in [1.29, 1.82) is 0 Å². The van der Waals surface area contributed by atoms with Crippen LogP contribution in [-0.2, 0) is 16.3 Å². The van der Waals surface area contributed by atoms with Gasteiger partial charge < -0.3 is 5.73 Å². The van der Waals surface area contributed by atoms with Crippen LogP contribution in [0.4, 0.5) is 0 Å². The lowest BCUT2D eigenvalue weighted by Crippen LogP contribution is -2.01. The van der Waals surface area contributed by atoms with E-state index in [-0.39, 0.29) is 0 Å². The van der Waals surface area contributed by atoms with Crippen molar-refractivity contribution in [2.24, 2.45) is 5.73 Å². The molecule has 0 aromatic heterocycles. The summed E-state index contributed by atoms with van der Waals surface area (Å²) < 4.78 is 22.9. The Morgan fingerprint density at radius 2 is 1.72 bits per heavy atom. The van der Waals surface area contributed by atoms with Gasteiger partial charge in [-0.15, -0.1) is 0 Å². The lowest BCUT2D eigenvalue weighted by Gasteiger charge is -2.06. The van der Waals surface area contributed by atoms with E-state index in [0.29, 0.717) is 11.4 Å². The van der Waals surface area contributed by atoms with Gasteiger partial charge in [0.2, 0.25) is 0 Å². The van der Waals surface area contributed by atoms with Crippen LogP contribution in [0.2, 0.25) is 0 Å². The predicted molar refractivity (Wildman–Crippen MR) is 77.6 cm³/mol. The van der Waals surface area contributed by atoms with Gasteiger partial charge in [-0.3, -0.25) is 0 Å². The summed E-state index contributed by atoms with van der Waals surface area (Å²) in [6, 6.07) is 5.51. The second-order valence-corrected chi connectivity index (χ2v) is 6.19. The maximum Gasteiger partial charge on any atom is 0.175 e. The van der Waals surface area contributed by atoms with Gasteiger partial charge in [-0.25, -0.2) is 8.42 Å². The molecule has 0 unspecified atom stereocenters. The molecular weight excluding hydrogens is 246 g/mol. The van der Waals surface area contributed by atoms with E-state index in [1.54, 1.807) is 12.1 Å². The highest BCUT2D eigenvalue weighted by Crippen LogP contribution is 2.16. The Kier molecular flexibility index (Phi) is 7.87. The van der Waals surface area contributed by atoms with Crippen molar-refractivity contribution in [3.63, 3.8) is 0 Å². The number of unbranched alkanes of at least 4 members (excludes halogenated alkanes) is 1. The van der Waals surface area contributed by atoms with Gasteiger partial charge in [0, 0.05) is 6.26 Å². The Morgan fingerprint density at radius 3 is 2.22 bits per heavy atom. The Balaban J connectivity index is 0.00000137. The Hall–Kier alpha value is -0.870. The molecule has 0 fully saturated rings. The Morgan fingerprint density at radius 1 is 1.11 bits per heavy atom. The van der Waals surface area contributed by atoms with Crippen LogP contribution in [0.5, 0.6) is 0 Å². The zero-order valence-corrected chi connectivity index (χ0v) is 12.7. The lowest BCUT2D eigenvalue weighted by atomic mass is 10.1. The van der Waals surface area contributed by atoms with Gasteiger partial charge in [0.25, 0.3) is 0 Å². The van der Waals surface area contributed by atoms with Gasteiger partial charge in [0.1, 0.15) is 0 Å². The largest absolute Gasteiger partial charge is 0.330 e. The maximum absolute atomic E-state index is 11.4. The molecule has 0 saturated carbocycles. The molecule has 0 aliphatic heterocycles. The molecule has 0 atom stereocenters. The normalized spacial score (nSPS) is 10.7. The predicted octanol–water partition coefficient (Wildman–Crippen LogP) is 2.71. The van der Waals surface area contributed by atoms with E-state index in [2.05, 4.69) is 0 Å². The number of rotatable bonds is 5. The van der Waals surface area contributed by atoms with E-state index in [0.717, 1.165) is 30.4 Å². The highest BCUT2D eigenvalue weighted by Gasteiger charge is 2.08. The van der Waals surface area contributed by atoms with Crippen LogP contribution in [0.25, 0.3) is 0 Å². The second kappa shape index (κ2) is 8.27. The average Bonchev–Trinajstić information content (AvgIpc) is 2.30. The molecule has 1 rings (SSSR count). The van der Waals surface area contributed by atoms with E-state index in [1.165, 1.54) is 6.26 Å². The molecule has 0 aliphatic carbocycles. The number of sulfone groups is 1. The summed E-state index contributed by atoms with van der Waals surface area (Å²) in [5.41, 5.74) is 7.49. The first-order chi connectivity index (χ1) is 8.43. The third kappa shape index (κ3) is 6.17. The minimum atomic E-state index is -3.10. The highest BCUT2D eigenvalue weighted by molar-refractivity contribution is 7.90. The third-order valence-electron chi connectivity index (χ3n) is 2.46. The standard InChI is InChI=1S/C12H19NO2S.C2H6/c1-10-7-11(5-3-4-6-13)9-12(8-10)16(2,14)15;1-2/h7-9H,3-6,13H2,1-2H3;1-2H3. The molecule has 18 heavy (non-hydrogen) atoms. The summed E-state index contributed by atoms with van der Waals surface area (Å²) in [6.07, 6.45) is 4.11. The van der Waals surface area contributed by atoms with E-state index in [4.69, 9.17) is 5.73 Å². The van der Waals surface area contributed by atoms with Crippen molar-refractivity contribution in [1.82, 2.24) is 0 Å². The fourth-order valence-corrected chi connectivity index (χ4v) is 2.42. The van der Waals surface area contributed by atoms with Gasteiger partial charge >= 0.3 is 0 Å².